The summed E-state index contributed by atoms with van der Waals surface area (Å²) in [5.41, 5.74) is 3.93. The van der Waals surface area contributed by atoms with Crippen LogP contribution >= 0.6 is 22.6 Å². The van der Waals surface area contributed by atoms with Crippen molar-refractivity contribution < 1.29 is 14.3 Å². The summed E-state index contributed by atoms with van der Waals surface area (Å²) in [6.07, 6.45) is 4.26. The maximum Gasteiger partial charge on any atom is 0.336 e. The van der Waals surface area contributed by atoms with Crippen molar-refractivity contribution in [2.24, 2.45) is 5.41 Å². The highest BCUT2D eigenvalue weighted by Crippen LogP contribution is 2.46. The second kappa shape index (κ2) is 9.02. The van der Waals surface area contributed by atoms with Crippen LogP contribution in [0.25, 0.3) is 0 Å². The molecule has 2 aliphatic rings. The van der Waals surface area contributed by atoms with Gasteiger partial charge in [-0.15, -0.1) is 0 Å². The molecular formula is C24H30INO3. The van der Waals surface area contributed by atoms with Crippen LogP contribution in [0.4, 0.5) is 0 Å². The normalized spacial score (nSPS) is 21.0. The number of nitrogens with one attached hydrogen (secondary N) is 1. The number of halogens is 1. The van der Waals surface area contributed by atoms with Gasteiger partial charge in [-0.3, -0.25) is 4.79 Å². The van der Waals surface area contributed by atoms with Gasteiger partial charge in [0.15, 0.2) is 5.78 Å². The fourth-order valence-corrected chi connectivity index (χ4v) is 4.89. The number of esters is 1. The second-order valence-electron chi connectivity index (χ2n) is 8.83. The Hall–Kier alpha value is -1.63. The summed E-state index contributed by atoms with van der Waals surface area (Å²) in [6, 6.07) is 8.07. The van der Waals surface area contributed by atoms with E-state index >= 15 is 0 Å². The van der Waals surface area contributed by atoms with Crippen LogP contribution in [0.1, 0.15) is 71.3 Å². The molecule has 0 aromatic heterocycles. The van der Waals surface area contributed by atoms with Crippen molar-refractivity contribution in [2.45, 2.75) is 65.7 Å². The fraction of sp³-hybridized carbons (Fsp3) is 0.500. The van der Waals surface area contributed by atoms with Gasteiger partial charge < -0.3 is 10.1 Å². The van der Waals surface area contributed by atoms with Crippen LogP contribution in [0.2, 0.25) is 0 Å². The SMILES string of the molecule is CCCCCOC(=O)C1=C(C)NC2=C(C(=O)CC(C)(C)C2)[C@@H]1c1cccc(I)c1. The molecule has 1 aliphatic heterocycles. The summed E-state index contributed by atoms with van der Waals surface area (Å²) in [6.45, 7) is 8.69. The molecule has 0 radical (unpaired) electrons. The van der Waals surface area contributed by atoms with E-state index in [2.05, 4.69) is 54.7 Å². The molecule has 1 N–H and O–H groups in total. The van der Waals surface area contributed by atoms with Gasteiger partial charge in [-0.25, -0.2) is 4.79 Å². The third-order valence-electron chi connectivity index (χ3n) is 5.62. The molecule has 1 atom stereocenters. The quantitative estimate of drug-likeness (QED) is 0.308. The number of hydrogen-bond donors (Lipinski definition) is 1. The first-order chi connectivity index (χ1) is 13.7. The van der Waals surface area contributed by atoms with E-state index in [4.69, 9.17) is 4.74 Å². The number of unbranched alkanes of at least 4 members (excludes halogenated alkanes) is 2. The molecule has 1 aromatic carbocycles. The Kier molecular flexibility index (Phi) is 6.87. The zero-order valence-corrected chi connectivity index (χ0v) is 19.9. The number of dihydropyridines is 1. The minimum atomic E-state index is -0.372. The summed E-state index contributed by atoms with van der Waals surface area (Å²) in [5.74, 6) is -0.571. The van der Waals surface area contributed by atoms with Crippen molar-refractivity contribution in [1.82, 2.24) is 5.32 Å². The van der Waals surface area contributed by atoms with Crippen LogP contribution in [0.5, 0.6) is 0 Å². The zero-order chi connectivity index (χ0) is 21.2. The largest absolute Gasteiger partial charge is 0.462 e. The summed E-state index contributed by atoms with van der Waals surface area (Å²) < 4.78 is 6.70. The Morgan fingerprint density at radius 1 is 1.28 bits per heavy atom. The number of allylic oxidation sites excluding steroid dienone is 3. The molecule has 1 aromatic rings. The molecule has 4 nitrogen and oxygen atoms in total. The molecule has 0 saturated carbocycles. The predicted molar refractivity (Wildman–Crippen MR) is 123 cm³/mol. The van der Waals surface area contributed by atoms with Gasteiger partial charge in [0.05, 0.1) is 12.2 Å². The smallest absolute Gasteiger partial charge is 0.336 e. The van der Waals surface area contributed by atoms with E-state index in [0.717, 1.165) is 51.8 Å². The topological polar surface area (TPSA) is 55.4 Å². The second-order valence-corrected chi connectivity index (χ2v) is 10.1. The highest BCUT2D eigenvalue weighted by molar-refractivity contribution is 14.1. The predicted octanol–water partition coefficient (Wildman–Crippen LogP) is 5.63. The third-order valence-corrected chi connectivity index (χ3v) is 6.29. The molecule has 0 amide bonds. The first-order valence-electron chi connectivity index (χ1n) is 10.4. The van der Waals surface area contributed by atoms with Gasteiger partial charge in [0.1, 0.15) is 0 Å². The summed E-state index contributed by atoms with van der Waals surface area (Å²) >= 11 is 2.27. The van der Waals surface area contributed by atoms with Crippen molar-refractivity contribution >= 4 is 34.3 Å². The fourth-order valence-electron chi connectivity index (χ4n) is 4.32. The van der Waals surface area contributed by atoms with Crippen LogP contribution in [-0.4, -0.2) is 18.4 Å². The maximum atomic E-state index is 13.2. The number of hydrogen-bond acceptors (Lipinski definition) is 4. The van der Waals surface area contributed by atoms with Gasteiger partial charge in [-0.2, -0.15) is 0 Å². The lowest BCUT2D eigenvalue weighted by atomic mass is 9.68. The molecule has 0 bridgehead atoms. The standard InChI is InChI=1S/C24H30INO3/c1-5-6-7-11-29-23(28)20-15(2)26-18-13-24(3,4)14-19(27)22(18)21(20)16-9-8-10-17(25)12-16/h8-10,12,21,26H,5-7,11,13-14H2,1-4H3/t21-/m1/s1. The molecule has 1 aliphatic carbocycles. The molecular weight excluding hydrogens is 477 g/mol. The first-order valence-corrected chi connectivity index (χ1v) is 11.5. The number of ketones is 1. The van der Waals surface area contributed by atoms with Gasteiger partial charge in [0.25, 0.3) is 0 Å². The monoisotopic (exact) mass is 507 g/mol. The molecule has 0 saturated heterocycles. The van der Waals surface area contributed by atoms with Crippen LogP contribution in [0.3, 0.4) is 0 Å². The van der Waals surface area contributed by atoms with Gasteiger partial charge in [-0.05, 0) is 65.5 Å². The number of Topliss-reactive ketones (excluding diaryl/α,β-unsaturated/α-hetero) is 1. The van der Waals surface area contributed by atoms with Crippen molar-refractivity contribution in [1.29, 1.82) is 0 Å². The van der Waals surface area contributed by atoms with E-state index in [1.807, 2.05) is 25.1 Å². The number of carbonyl (C=O) groups excluding carboxylic acids is 2. The summed E-state index contributed by atoms with van der Waals surface area (Å²) in [7, 11) is 0. The van der Waals surface area contributed by atoms with E-state index < -0.39 is 0 Å². The average molecular weight is 507 g/mol. The lowest BCUT2D eigenvalue weighted by molar-refractivity contribution is -0.139. The Bertz CT molecular complexity index is 882. The molecule has 5 heteroatoms. The van der Waals surface area contributed by atoms with Crippen molar-refractivity contribution in [3.63, 3.8) is 0 Å². The lowest BCUT2D eigenvalue weighted by Crippen LogP contribution is -2.38. The summed E-state index contributed by atoms with van der Waals surface area (Å²) in [5, 5.41) is 3.39. The summed E-state index contributed by atoms with van der Waals surface area (Å²) in [4.78, 5) is 26.3. The minimum Gasteiger partial charge on any atom is -0.462 e. The van der Waals surface area contributed by atoms with Crippen molar-refractivity contribution in [3.8, 4) is 0 Å². The molecule has 0 spiro atoms. The zero-order valence-electron chi connectivity index (χ0n) is 17.7. The Balaban J connectivity index is 2.03. The van der Waals surface area contributed by atoms with E-state index in [-0.39, 0.29) is 23.1 Å². The van der Waals surface area contributed by atoms with Crippen molar-refractivity contribution in [3.05, 3.63) is 55.9 Å². The Morgan fingerprint density at radius 2 is 2.03 bits per heavy atom. The Morgan fingerprint density at radius 3 is 2.72 bits per heavy atom. The van der Waals surface area contributed by atoms with Crippen LogP contribution in [-0.2, 0) is 14.3 Å². The van der Waals surface area contributed by atoms with E-state index in [0.29, 0.717) is 18.6 Å². The Labute approximate surface area is 187 Å². The van der Waals surface area contributed by atoms with E-state index in [1.54, 1.807) is 0 Å². The number of carbonyl (C=O) groups is 2. The number of benzene rings is 1. The van der Waals surface area contributed by atoms with Gasteiger partial charge >= 0.3 is 5.97 Å². The maximum absolute atomic E-state index is 13.2. The molecule has 29 heavy (non-hydrogen) atoms. The molecule has 0 unspecified atom stereocenters. The average Bonchev–Trinajstić information content (AvgIpc) is 2.63. The molecule has 156 valence electrons. The lowest BCUT2D eigenvalue weighted by Gasteiger charge is -2.39. The van der Waals surface area contributed by atoms with Crippen LogP contribution in [0.15, 0.2) is 46.8 Å². The highest BCUT2D eigenvalue weighted by atomic mass is 127. The van der Waals surface area contributed by atoms with Gasteiger partial charge in [0.2, 0.25) is 0 Å². The third kappa shape index (κ3) is 4.93. The van der Waals surface area contributed by atoms with Gasteiger partial charge in [-0.1, -0.05) is 45.7 Å². The molecule has 1 heterocycles. The highest BCUT2D eigenvalue weighted by Gasteiger charge is 2.43. The number of ether oxygens (including phenoxy) is 1. The minimum absolute atomic E-state index is 0.0863. The molecule has 0 fully saturated rings. The first kappa shape index (κ1) is 22.1. The van der Waals surface area contributed by atoms with Crippen molar-refractivity contribution in [2.75, 3.05) is 6.61 Å². The van der Waals surface area contributed by atoms with Crippen LogP contribution < -0.4 is 5.32 Å². The van der Waals surface area contributed by atoms with E-state index in [9.17, 15) is 9.59 Å². The van der Waals surface area contributed by atoms with Gasteiger partial charge in [0, 0.05) is 32.9 Å². The van der Waals surface area contributed by atoms with E-state index in [1.165, 1.54) is 0 Å². The van der Waals surface area contributed by atoms with Crippen LogP contribution in [0, 0.1) is 8.99 Å². The molecule has 3 rings (SSSR count). The number of rotatable bonds is 6.